The predicted octanol–water partition coefficient (Wildman–Crippen LogP) is 6.64. The van der Waals surface area contributed by atoms with Crippen LogP contribution in [-0.2, 0) is 8.85 Å². The van der Waals surface area contributed by atoms with E-state index in [0.29, 0.717) is 5.54 Å². The lowest BCUT2D eigenvalue weighted by atomic mass is 10.0. The highest BCUT2D eigenvalue weighted by Crippen LogP contribution is 2.44. The van der Waals surface area contributed by atoms with E-state index in [9.17, 15) is 0 Å². The molecule has 2 nitrogen and oxygen atoms in total. The quantitative estimate of drug-likeness (QED) is 0.367. The number of rotatable bonds is 8. The van der Waals surface area contributed by atoms with Gasteiger partial charge in [-0.05, 0) is 50.1 Å². The predicted molar refractivity (Wildman–Crippen MR) is 118 cm³/mol. The summed E-state index contributed by atoms with van der Waals surface area (Å²) in [6.45, 7) is 15.6. The molecule has 1 aliphatic heterocycles. The van der Waals surface area contributed by atoms with E-state index in [1.807, 2.05) is 0 Å². The normalized spacial score (nSPS) is 26.1. The largest absolute Gasteiger partial charge is 0.414 e. The van der Waals surface area contributed by atoms with Gasteiger partial charge in [0.2, 0.25) is 8.32 Å². The molecule has 0 amide bonds. The van der Waals surface area contributed by atoms with Crippen molar-refractivity contribution in [2.24, 2.45) is 0 Å². The summed E-state index contributed by atoms with van der Waals surface area (Å²) in [4.78, 5) is 0. The third kappa shape index (κ3) is 5.52. The number of hydrogen-bond donors (Lipinski definition) is 0. The Morgan fingerprint density at radius 2 is 1.85 bits per heavy atom. The van der Waals surface area contributed by atoms with E-state index >= 15 is 0 Å². The third-order valence-corrected chi connectivity index (χ3v) is 11.4. The topological polar surface area (TPSA) is 18.5 Å². The molecule has 0 bridgehead atoms. The monoisotopic (exact) mass is 388 g/mol. The summed E-state index contributed by atoms with van der Waals surface area (Å²) in [7, 11) is -3.47. The summed E-state index contributed by atoms with van der Waals surface area (Å²) in [5, 5.41) is 0. The highest BCUT2D eigenvalue weighted by atomic mass is 28.4. The smallest absolute Gasteiger partial charge is 0.201 e. The molecule has 0 N–H and O–H groups in total. The Balaban J connectivity index is 2.16. The van der Waals surface area contributed by atoms with Crippen molar-refractivity contribution >= 4 is 22.7 Å². The van der Waals surface area contributed by atoms with Gasteiger partial charge in [0.05, 0.1) is 12.2 Å². The van der Waals surface area contributed by atoms with Gasteiger partial charge in [0.15, 0.2) is 8.32 Å². The van der Waals surface area contributed by atoms with Crippen LogP contribution in [0, 0.1) is 0 Å². The first-order valence-corrected chi connectivity index (χ1v) is 15.8. The summed E-state index contributed by atoms with van der Waals surface area (Å²) in [6.07, 6.45) is 9.09. The minimum Gasteiger partial charge on any atom is -0.414 e. The van der Waals surface area contributed by atoms with Crippen molar-refractivity contribution in [1.29, 1.82) is 0 Å². The molecule has 0 saturated carbocycles. The van der Waals surface area contributed by atoms with E-state index in [1.54, 1.807) is 0 Å². The molecule has 2 rings (SSSR count). The van der Waals surface area contributed by atoms with Crippen molar-refractivity contribution < 1.29 is 8.85 Å². The number of hydrogen-bond acceptors (Lipinski definition) is 2. The van der Waals surface area contributed by atoms with Gasteiger partial charge in [-0.15, -0.1) is 6.58 Å². The standard InChI is InChI=1S/C22H36O2Si2/c1-7-22-21(24-25(4,5)6)18-20(23-26(22,8-2)9-3)17-13-16-19-14-11-10-12-15-19/h7,10-16,20-22H,1,8-9,17-18H2,2-6H3/b16-13+/t20-,21-,22-/m1/s1. The van der Waals surface area contributed by atoms with Crippen LogP contribution in [0.3, 0.4) is 0 Å². The fourth-order valence-electron chi connectivity index (χ4n) is 4.10. The lowest BCUT2D eigenvalue weighted by molar-refractivity contribution is 0.0629. The van der Waals surface area contributed by atoms with Crippen LogP contribution in [0.2, 0.25) is 37.3 Å². The second kappa shape index (κ2) is 9.31. The van der Waals surface area contributed by atoms with Gasteiger partial charge in [-0.2, -0.15) is 0 Å². The minimum atomic E-state index is -1.87. The first-order valence-electron chi connectivity index (χ1n) is 10.0. The fraction of sp³-hybridized carbons (Fsp3) is 0.545. The van der Waals surface area contributed by atoms with Crippen LogP contribution in [0.1, 0.15) is 32.3 Å². The van der Waals surface area contributed by atoms with Crippen molar-refractivity contribution in [3.05, 3.63) is 54.6 Å². The summed E-state index contributed by atoms with van der Waals surface area (Å²) < 4.78 is 13.4. The van der Waals surface area contributed by atoms with Gasteiger partial charge < -0.3 is 8.85 Å². The minimum absolute atomic E-state index is 0.263. The van der Waals surface area contributed by atoms with E-state index in [0.717, 1.165) is 24.9 Å². The van der Waals surface area contributed by atoms with Crippen LogP contribution in [0.15, 0.2) is 49.1 Å². The van der Waals surface area contributed by atoms with E-state index in [4.69, 9.17) is 8.85 Å². The molecule has 0 aliphatic carbocycles. The lowest BCUT2D eigenvalue weighted by Gasteiger charge is -2.49. The molecule has 0 aromatic heterocycles. The maximum absolute atomic E-state index is 6.81. The van der Waals surface area contributed by atoms with Crippen LogP contribution in [0.4, 0.5) is 0 Å². The van der Waals surface area contributed by atoms with Gasteiger partial charge in [-0.3, -0.25) is 0 Å². The van der Waals surface area contributed by atoms with Gasteiger partial charge >= 0.3 is 0 Å². The van der Waals surface area contributed by atoms with Crippen molar-refractivity contribution in [3.63, 3.8) is 0 Å². The Kier molecular flexibility index (Phi) is 7.65. The molecule has 0 spiro atoms. The van der Waals surface area contributed by atoms with Gasteiger partial charge in [-0.25, -0.2) is 0 Å². The van der Waals surface area contributed by atoms with Crippen LogP contribution >= 0.6 is 0 Å². The Morgan fingerprint density at radius 1 is 1.19 bits per heavy atom. The summed E-state index contributed by atoms with van der Waals surface area (Å²) >= 11 is 0. The van der Waals surface area contributed by atoms with E-state index in [1.165, 1.54) is 5.56 Å². The van der Waals surface area contributed by atoms with Crippen molar-refractivity contribution in [2.45, 2.75) is 76.2 Å². The SMILES string of the molecule is C=C[C@@H]1[C@H](O[Si](C)(C)C)C[C@@H](C/C=C/c2ccccc2)O[Si]1(CC)CC. The molecule has 1 aromatic carbocycles. The average molecular weight is 389 g/mol. The van der Waals surface area contributed by atoms with Crippen LogP contribution < -0.4 is 0 Å². The second-order valence-electron chi connectivity index (χ2n) is 8.33. The molecule has 1 saturated heterocycles. The van der Waals surface area contributed by atoms with E-state index in [2.05, 4.69) is 88.6 Å². The molecule has 0 radical (unpaired) electrons. The zero-order valence-electron chi connectivity index (χ0n) is 17.2. The molecule has 0 unspecified atom stereocenters. The first kappa shape index (κ1) is 21.4. The fourth-order valence-corrected chi connectivity index (χ4v) is 9.49. The summed E-state index contributed by atoms with van der Waals surface area (Å²) in [6, 6.07) is 12.7. The lowest BCUT2D eigenvalue weighted by Crippen LogP contribution is -2.55. The van der Waals surface area contributed by atoms with Gasteiger partial charge in [0.25, 0.3) is 0 Å². The van der Waals surface area contributed by atoms with Crippen molar-refractivity contribution in [3.8, 4) is 0 Å². The Bertz CT molecular complexity index is 588. The van der Waals surface area contributed by atoms with Crippen molar-refractivity contribution in [1.82, 2.24) is 0 Å². The Labute approximate surface area is 162 Å². The van der Waals surface area contributed by atoms with Crippen LogP contribution in [-0.4, -0.2) is 28.8 Å². The molecule has 144 valence electrons. The molecular formula is C22H36O2Si2. The maximum atomic E-state index is 6.81. The average Bonchev–Trinajstić information content (AvgIpc) is 2.60. The number of benzene rings is 1. The highest BCUT2D eigenvalue weighted by Gasteiger charge is 2.49. The summed E-state index contributed by atoms with van der Waals surface area (Å²) in [5.74, 6) is 0. The van der Waals surface area contributed by atoms with Gasteiger partial charge in [0.1, 0.15) is 0 Å². The zero-order valence-corrected chi connectivity index (χ0v) is 19.2. The van der Waals surface area contributed by atoms with Crippen LogP contribution in [0.5, 0.6) is 0 Å². The second-order valence-corrected chi connectivity index (χ2v) is 17.2. The van der Waals surface area contributed by atoms with E-state index in [-0.39, 0.29) is 12.2 Å². The van der Waals surface area contributed by atoms with Crippen LogP contribution in [0.25, 0.3) is 6.08 Å². The molecule has 1 fully saturated rings. The zero-order chi connectivity index (χ0) is 19.2. The molecule has 1 aliphatic rings. The van der Waals surface area contributed by atoms with Crippen molar-refractivity contribution in [2.75, 3.05) is 0 Å². The van der Waals surface area contributed by atoms with Gasteiger partial charge in [0, 0.05) is 5.54 Å². The highest BCUT2D eigenvalue weighted by molar-refractivity contribution is 6.76. The molecule has 1 heterocycles. The molecule has 1 aromatic rings. The third-order valence-electron chi connectivity index (χ3n) is 5.37. The van der Waals surface area contributed by atoms with E-state index < -0.39 is 16.6 Å². The Morgan fingerprint density at radius 3 is 2.38 bits per heavy atom. The molecule has 4 heteroatoms. The molecule has 26 heavy (non-hydrogen) atoms. The molecule has 3 atom stereocenters. The Hall–Kier alpha value is -0.946. The maximum Gasteiger partial charge on any atom is 0.201 e. The summed E-state index contributed by atoms with van der Waals surface area (Å²) in [5.41, 5.74) is 1.65. The first-order chi connectivity index (χ1) is 12.3. The van der Waals surface area contributed by atoms with Gasteiger partial charge in [-0.1, -0.05) is 62.4 Å². The molecular weight excluding hydrogens is 352 g/mol.